The molecule has 0 aliphatic rings. The van der Waals surface area contributed by atoms with Crippen LogP contribution in [-0.4, -0.2) is 20.7 Å². The van der Waals surface area contributed by atoms with Crippen LogP contribution in [0.4, 0.5) is 0 Å². The monoisotopic (exact) mass is 412 g/mol. The number of rotatable bonds is 8. The molecule has 7 heteroatoms. The van der Waals surface area contributed by atoms with E-state index in [9.17, 15) is 4.79 Å². The quantitative estimate of drug-likeness (QED) is 0.432. The summed E-state index contributed by atoms with van der Waals surface area (Å²) in [6.45, 7) is 6.71. The van der Waals surface area contributed by atoms with Crippen molar-refractivity contribution in [3.05, 3.63) is 88.7 Å². The zero-order valence-electron chi connectivity index (χ0n) is 15.6. The first-order chi connectivity index (χ1) is 13.6. The van der Waals surface area contributed by atoms with Crippen LogP contribution < -0.4 is 5.32 Å². The Kier molecular flexibility index (Phi) is 6.90. The van der Waals surface area contributed by atoms with E-state index in [-0.39, 0.29) is 12.5 Å². The van der Waals surface area contributed by atoms with Gasteiger partial charge in [0, 0.05) is 12.3 Å². The Morgan fingerprint density at radius 1 is 1.21 bits per heavy atom. The van der Waals surface area contributed by atoms with Gasteiger partial charge in [0.1, 0.15) is 0 Å². The summed E-state index contributed by atoms with van der Waals surface area (Å²) in [5, 5.41) is 12.6. The van der Waals surface area contributed by atoms with Crippen molar-refractivity contribution in [1.29, 1.82) is 0 Å². The van der Waals surface area contributed by atoms with E-state index in [0.29, 0.717) is 23.0 Å². The van der Waals surface area contributed by atoms with Crippen LogP contribution in [0, 0.1) is 6.92 Å². The lowest BCUT2D eigenvalue weighted by atomic mass is 10.2. The lowest BCUT2D eigenvalue weighted by molar-refractivity contribution is 0.0949. The summed E-state index contributed by atoms with van der Waals surface area (Å²) >= 11 is 7.69. The molecule has 1 N–H and O–H groups in total. The molecular formula is C21H21ClN4OS. The molecule has 0 saturated carbocycles. The number of aryl methyl sites for hydroxylation is 1. The normalized spacial score (nSPS) is 10.6. The summed E-state index contributed by atoms with van der Waals surface area (Å²) in [4.78, 5) is 12.4. The second-order valence-corrected chi connectivity index (χ2v) is 7.58. The molecule has 28 heavy (non-hydrogen) atoms. The van der Waals surface area contributed by atoms with E-state index in [4.69, 9.17) is 11.6 Å². The number of carbonyl (C=O) groups is 1. The summed E-state index contributed by atoms with van der Waals surface area (Å²) in [5.41, 5.74) is 2.89. The molecule has 0 saturated heterocycles. The van der Waals surface area contributed by atoms with Crippen molar-refractivity contribution in [2.75, 3.05) is 0 Å². The second-order valence-electron chi connectivity index (χ2n) is 6.23. The van der Waals surface area contributed by atoms with E-state index >= 15 is 0 Å². The number of halogens is 1. The first-order valence-electron chi connectivity index (χ1n) is 8.82. The molecule has 0 radical (unpaired) electrons. The number of allylic oxidation sites excluding steroid dienone is 1. The van der Waals surface area contributed by atoms with E-state index in [0.717, 1.165) is 10.9 Å². The van der Waals surface area contributed by atoms with Gasteiger partial charge in [-0.2, -0.15) is 0 Å². The first-order valence-corrected chi connectivity index (χ1v) is 10.2. The molecule has 1 aromatic heterocycles. The number of aromatic nitrogens is 3. The highest BCUT2D eigenvalue weighted by Gasteiger charge is 2.14. The average Bonchev–Trinajstić information content (AvgIpc) is 3.08. The number of thioether (sulfide) groups is 1. The SMILES string of the molecule is C=CCn1c(CNC(=O)c2ccccc2Cl)nnc1SCc1ccc(C)cc1. The van der Waals surface area contributed by atoms with E-state index in [1.165, 1.54) is 11.1 Å². The zero-order chi connectivity index (χ0) is 19.9. The summed E-state index contributed by atoms with van der Waals surface area (Å²) in [7, 11) is 0. The number of amides is 1. The number of benzene rings is 2. The lowest BCUT2D eigenvalue weighted by Crippen LogP contribution is -2.25. The van der Waals surface area contributed by atoms with Gasteiger partial charge in [-0.05, 0) is 24.6 Å². The molecule has 0 fully saturated rings. The maximum absolute atomic E-state index is 12.4. The van der Waals surface area contributed by atoms with Gasteiger partial charge in [-0.1, -0.05) is 71.4 Å². The van der Waals surface area contributed by atoms with Gasteiger partial charge >= 0.3 is 0 Å². The molecule has 0 bridgehead atoms. The topological polar surface area (TPSA) is 59.8 Å². The van der Waals surface area contributed by atoms with Gasteiger partial charge in [0.05, 0.1) is 17.1 Å². The first kappa shape index (κ1) is 20.2. The van der Waals surface area contributed by atoms with Gasteiger partial charge in [0.25, 0.3) is 5.91 Å². The maximum atomic E-state index is 12.4. The van der Waals surface area contributed by atoms with Crippen molar-refractivity contribution in [3.63, 3.8) is 0 Å². The van der Waals surface area contributed by atoms with Gasteiger partial charge in [-0.25, -0.2) is 0 Å². The molecule has 0 unspecified atom stereocenters. The summed E-state index contributed by atoms with van der Waals surface area (Å²) in [5.74, 6) is 1.22. The van der Waals surface area contributed by atoms with Crippen LogP contribution in [0.5, 0.6) is 0 Å². The van der Waals surface area contributed by atoms with Gasteiger partial charge in [0.2, 0.25) is 0 Å². The van der Waals surface area contributed by atoms with Gasteiger partial charge < -0.3 is 9.88 Å². The molecule has 5 nitrogen and oxygen atoms in total. The summed E-state index contributed by atoms with van der Waals surface area (Å²) in [6.07, 6.45) is 1.79. The molecule has 3 aromatic rings. The number of carbonyl (C=O) groups excluding carboxylic acids is 1. The average molecular weight is 413 g/mol. The largest absolute Gasteiger partial charge is 0.345 e. The third kappa shape index (κ3) is 5.03. The highest BCUT2D eigenvalue weighted by molar-refractivity contribution is 7.98. The zero-order valence-corrected chi connectivity index (χ0v) is 17.1. The van der Waals surface area contributed by atoms with Crippen LogP contribution in [0.15, 0.2) is 66.3 Å². The number of hydrogen-bond acceptors (Lipinski definition) is 4. The molecule has 0 atom stereocenters. The van der Waals surface area contributed by atoms with Gasteiger partial charge in [-0.15, -0.1) is 16.8 Å². The molecule has 0 aliphatic carbocycles. The Morgan fingerprint density at radius 3 is 2.68 bits per heavy atom. The minimum atomic E-state index is -0.243. The van der Waals surface area contributed by atoms with Crippen LogP contribution in [0.2, 0.25) is 5.02 Å². The standard InChI is InChI=1S/C21H21ClN4OS/c1-3-12-26-19(13-23-20(27)17-6-4-5-7-18(17)22)24-25-21(26)28-14-16-10-8-15(2)9-11-16/h3-11H,1,12-14H2,2H3,(H,23,27). The Bertz CT molecular complexity index is 969. The number of hydrogen-bond donors (Lipinski definition) is 1. The Morgan fingerprint density at radius 2 is 1.96 bits per heavy atom. The van der Waals surface area contributed by atoms with Crippen LogP contribution in [0.3, 0.4) is 0 Å². The Labute approximate surface area is 173 Å². The van der Waals surface area contributed by atoms with Crippen molar-refractivity contribution in [2.45, 2.75) is 30.9 Å². The number of nitrogens with one attached hydrogen (secondary N) is 1. The van der Waals surface area contributed by atoms with Crippen LogP contribution in [-0.2, 0) is 18.8 Å². The van der Waals surface area contributed by atoms with E-state index in [2.05, 4.69) is 53.3 Å². The minimum absolute atomic E-state index is 0.243. The smallest absolute Gasteiger partial charge is 0.253 e. The second kappa shape index (κ2) is 9.57. The van der Waals surface area contributed by atoms with Crippen molar-refractivity contribution in [1.82, 2.24) is 20.1 Å². The predicted molar refractivity (Wildman–Crippen MR) is 114 cm³/mol. The maximum Gasteiger partial charge on any atom is 0.253 e. The molecular weight excluding hydrogens is 392 g/mol. The fourth-order valence-corrected chi connectivity index (χ4v) is 3.75. The number of nitrogens with zero attached hydrogens (tertiary/aromatic N) is 3. The molecule has 0 spiro atoms. The van der Waals surface area contributed by atoms with E-state index in [1.54, 1.807) is 42.1 Å². The lowest BCUT2D eigenvalue weighted by Gasteiger charge is -2.09. The third-order valence-corrected chi connectivity index (χ3v) is 5.49. The fourth-order valence-electron chi connectivity index (χ4n) is 2.60. The highest BCUT2D eigenvalue weighted by atomic mass is 35.5. The summed E-state index contributed by atoms with van der Waals surface area (Å²) < 4.78 is 1.96. The molecule has 144 valence electrons. The minimum Gasteiger partial charge on any atom is -0.345 e. The van der Waals surface area contributed by atoms with Gasteiger partial charge in [-0.3, -0.25) is 4.79 Å². The molecule has 2 aromatic carbocycles. The van der Waals surface area contributed by atoms with Crippen LogP contribution in [0.1, 0.15) is 27.3 Å². The molecule has 3 rings (SSSR count). The van der Waals surface area contributed by atoms with Crippen molar-refractivity contribution in [2.24, 2.45) is 0 Å². The summed E-state index contributed by atoms with van der Waals surface area (Å²) in [6, 6.07) is 15.4. The Balaban J connectivity index is 1.68. The van der Waals surface area contributed by atoms with Crippen LogP contribution >= 0.6 is 23.4 Å². The van der Waals surface area contributed by atoms with Gasteiger partial charge in [0.15, 0.2) is 11.0 Å². The van der Waals surface area contributed by atoms with E-state index in [1.807, 2.05) is 4.57 Å². The van der Waals surface area contributed by atoms with Crippen molar-refractivity contribution >= 4 is 29.3 Å². The predicted octanol–water partition coefficient (Wildman–Crippen LogP) is 4.65. The third-order valence-electron chi connectivity index (χ3n) is 4.12. The van der Waals surface area contributed by atoms with Crippen molar-refractivity contribution < 1.29 is 4.79 Å². The fraction of sp³-hybridized carbons (Fsp3) is 0.190. The van der Waals surface area contributed by atoms with Crippen molar-refractivity contribution in [3.8, 4) is 0 Å². The van der Waals surface area contributed by atoms with Crippen LogP contribution in [0.25, 0.3) is 0 Å². The Hall–Kier alpha value is -2.57. The molecule has 0 aliphatic heterocycles. The molecule has 1 amide bonds. The highest BCUT2D eigenvalue weighted by Crippen LogP contribution is 2.22. The van der Waals surface area contributed by atoms with E-state index < -0.39 is 0 Å². The molecule has 1 heterocycles.